The van der Waals surface area contributed by atoms with Crippen molar-refractivity contribution in [2.24, 2.45) is 0 Å². The fourth-order valence-electron chi connectivity index (χ4n) is 1.75. The van der Waals surface area contributed by atoms with Crippen molar-refractivity contribution in [2.75, 3.05) is 6.61 Å². The lowest BCUT2D eigenvalue weighted by Crippen LogP contribution is -2.23. The van der Waals surface area contributed by atoms with Crippen LogP contribution in [0, 0.1) is 0 Å². The molecule has 1 rings (SSSR count). The van der Waals surface area contributed by atoms with E-state index in [1.165, 1.54) is 6.92 Å². The lowest BCUT2D eigenvalue weighted by atomic mass is 10.0. The molecule has 1 aromatic heterocycles. The highest BCUT2D eigenvalue weighted by atomic mass is 79.9. The minimum Gasteiger partial charge on any atom is -0.466 e. The molecular weight excluding hydrogens is 400 g/mol. The van der Waals surface area contributed by atoms with Crippen molar-refractivity contribution in [1.29, 1.82) is 0 Å². The smallest absolute Gasteiger partial charge is 0.466 e. The van der Waals surface area contributed by atoms with Gasteiger partial charge in [-0.15, -0.1) is 13.2 Å². The molecule has 0 fully saturated rings. The molecule has 1 heterocycles. The Hall–Kier alpha value is -1.52. The van der Waals surface area contributed by atoms with E-state index < -0.39 is 41.8 Å². The molecule has 0 N–H and O–H groups in total. The fourth-order valence-corrected chi connectivity index (χ4v) is 2.23. The molecule has 1 aromatic rings. The number of pyridine rings is 1. The highest BCUT2D eigenvalue weighted by molar-refractivity contribution is 9.08. The number of hydrogen-bond donors (Lipinski definition) is 0. The Bertz CT molecular complexity index is 573. The Balaban J connectivity index is 3.48. The van der Waals surface area contributed by atoms with Crippen LogP contribution in [0.25, 0.3) is 0 Å². The van der Waals surface area contributed by atoms with Gasteiger partial charge in [-0.25, -0.2) is 0 Å². The minimum absolute atomic E-state index is 0.0873. The number of carbonyl (C=O) groups is 1. The van der Waals surface area contributed by atoms with E-state index in [1.807, 2.05) is 0 Å². The molecule has 0 aliphatic carbocycles. The predicted molar refractivity (Wildman–Crippen MR) is 68.9 cm³/mol. The number of esters is 1. The van der Waals surface area contributed by atoms with E-state index in [2.05, 4.69) is 30.4 Å². The van der Waals surface area contributed by atoms with Gasteiger partial charge in [0.1, 0.15) is 5.56 Å². The number of nitrogens with zero attached hydrogens (tertiary/aromatic N) is 1. The van der Waals surface area contributed by atoms with Crippen LogP contribution in [0.3, 0.4) is 0 Å². The van der Waals surface area contributed by atoms with Crippen LogP contribution in [0.4, 0.5) is 26.3 Å². The molecule has 0 aliphatic heterocycles. The second kappa shape index (κ2) is 7.37. The Morgan fingerprint density at radius 2 is 1.87 bits per heavy atom. The van der Waals surface area contributed by atoms with Crippen LogP contribution >= 0.6 is 15.9 Å². The summed E-state index contributed by atoms with van der Waals surface area (Å²) in [7, 11) is 0. The summed E-state index contributed by atoms with van der Waals surface area (Å²) in [5.74, 6) is -2.54. The summed E-state index contributed by atoms with van der Waals surface area (Å²) in [4.78, 5) is 14.9. The monoisotopic (exact) mass is 409 g/mol. The first kappa shape index (κ1) is 19.5. The summed E-state index contributed by atoms with van der Waals surface area (Å²) in [5.41, 5.74) is -2.66. The normalized spacial score (nSPS) is 12.2. The van der Waals surface area contributed by atoms with Gasteiger partial charge in [0.2, 0.25) is 0 Å². The Morgan fingerprint density at radius 1 is 1.26 bits per heavy atom. The molecule has 4 nitrogen and oxygen atoms in total. The van der Waals surface area contributed by atoms with Gasteiger partial charge in [-0.2, -0.15) is 13.2 Å². The molecule has 0 bridgehead atoms. The fraction of sp³-hybridized carbons (Fsp3) is 0.500. The third-order valence-corrected chi connectivity index (χ3v) is 3.03. The molecule has 0 unspecified atom stereocenters. The van der Waals surface area contributed by atoms with E-state index in [9.17, 15) is 31.1 Å². The van der Waals surface area contributed by atoms with Crippen molar-refractivity contribution in [3.63, 3.8) is 0 Å². The molecule has 0 aromatic carbocycles. The summed E-state index contributed by atoms with van der Waals surface area (Å²) in [6.45, 7) is 1.35. The predicted octanol–water partition coefficient (Wildman–Crippen LogP) is 4.00. The number of alkyl halides is 7. The van der Waals surface area contributed by atoms with E-state index in [0.717, 1.165) is 0 Å². The van der Waals surface area contributed by atoms with Crippen molar-refractivity contribution < 1.29 is 40.6 Å². The summed E-state index contributed by atoms with van der Waals surface area (Å²) >= 11 is 2.88. The van der Waals surface area contributed by atoms with E-state index in [0.29, 0.717) is 6.20 Å². The molecule has 0 spiro atoms. The Kier molecular flexibility index (Phi) is 6.25. The average Bonchev–Trinajstić information content (AvgIpc) is 2.35. The molecule has 11 heteroatoms. The van der Waals surface area contributed by atoms with Crippen molar-refractivity contribution in [3.8, 4) is 5.75 Å². The number of carbonyl (C=O) groups excluding carboxylic acids is 1. The largest absolute Gasteiger partial charge is 0.573 e. The van der Waals surface area contributed by atoms with E-state index in [4.69, 9.17) is 0 Å². The van der Waals surface area contributed by atoms with E-state index in [-0.39, 0.29) is 17.6 Å². The van der Waals surface area contributed by atoms with Gasteiger partial charge in [-0.1, -0.05) is 15.9 Å². The maximum absolute atomic E-state index is 13.2. The summed E-state index contributed by atoms with van der Waals surface area (Å²) < 4.78 is 84.4. The Labute approximate surface area is 134 Å². The van der Waals surface area contributed by atoms with Crippen molar-refractivity contribution in [1.82, 2.24) is 4.98 Å². The zero-order valence-corrected chi connectivity index (χ0v) is 13.1. The SMILES string of the molecule is CCOC(=O)Cc1c(CBr)ncc(OC(F)(F)F)c1C(F)(F)F. The molecule has 0 radical (unpaired) electrons. The molecule has 0 aliphatic rings. The van der Waals surface area contributed by atoms with Crippen LogP contribution < -0.4 is 4.74 Å². The second-order valence-electron chi connectivity index (χ2n) is 4.08. The van der Waals surface area contributed by atoms with Gasteiger partial charge in [-0.3, -0.25) is 9.78 Å². The lowest BCUT2D eigenvalue weighted by molar-refractivity contribution is -0.276. The quantitative estimate of drug-likeness (QED) is 0.419. The van der Waals surface area contributed by atoms with Crippen LogP contribution in [-0.4, -0.2) is 23.9 Å². The number of rotatable bonds is 5. The average molecular weight is 410 g/mol. The van der Waals surface area contributed by atoms with Gasteiger partial charge < -0.3 is 9.47 Å². The van der Waals surface area contributed by atoms with Gasteiger partial charge >= 0.3 is 18.5 Å². The topological polar surface area (TPSA) is 48.4 Å². The van der Waals surface area contributed by atoms with Crippen molar-refractivity contribution >= 4 is 21.9 Å². The highest BCUT2D eigenvalue weighted by Gasteiger charge is 2.42. The Morgan fingerprint density at radius 3 is 2.30 bits per heavy atom. The van der Waals surface area contributed by atoms with Crippen LogP contribution in [0.1, 0.15) is 23.7 Å². The maximum Gasteiger partial charge on any atom is 0.573 e. The number of ether oxygens (including phenoxy) is 2. The molecular formula is C12H10BrF6NO3. The van der Waals surface area contributed by atoms with Gasteiger partial charge in [0.05, 0.1) is 24.9 Å². The summed E-state index contributed by atoms with van der Waals surface area (Å²) in [6.07, 6.45) is -11.1. The zero-order chi connectivity index (χ0) is 17.8. The standard InChI is InChI=1S/C12H10BrF6NO3/c1-2-22-9(21)3-6-7(4-13)20-5-8(23-12(17,18)19)10(6)11(14,15)16/h5H,2-4H2,1H3. The maximum atomic E-state index is 13.2. The third-order valence-electron chi connectivity index (χ3n) is 2.50. The first-order chi connectivity index (χ1) is 10.5. The van der Waals surface area contributed by atoms with Crippen LogP contribution in [0.2, 0.25) is 0 Å². The molecule has 23 heavy (non-hydrogen) atoms. The van der Waals surface area contributed by atoms with Gasteiger partial charge in [0.25, 0.3) is 0 Å². The van der Waals surface area contributed by atoms with Gasteiger partial charge in [0, 0.05) is 10.9 Å². The third kappa shape index (κ3) is 5.56. The van der Waals surface area contributed by atoms with Crippen LogP contribution in [0.5, 0.6) is 5.75 Å². The molecule has 0 amide bonds. The first-order valence-corrected chi connectivity index (χ1v) is 7.17. The molecule has 0 atom stereocenters. The van der Waals surface area contributed by atoms with Crippen LogP contribution in [0.15, 0.2) is 6.20 Å². The number of aromatic nitrogens is 1. The van der Waals surface area contributed by atoms with Crippen molar-refractivity contribution in [2.45, 2.75) is 31.2 Å². The highest BCUT2D eigenvalue weighted by Crippen LogP contribution is 2.41. The number of halogens is 7. The zero-order valence-electron chi connectivity index (χ0n) is 11.5. The second-order valence-corrected chi connectivity index (χ2v) is 4.64. The molecule has 0 saturated carbocycles. The summed E-state index contributed by atoms with van der Waals surface area (Å²) in [6, 6.07) is 0. The number of hydrogen-bond acceptors (Lipinski definition) is 4. The molecule has 130 valence electrons. The summed E-state index contributed by atoms with van der Waals surface area (Å²) in [5, 5.41) is -0.197. The van der Waals surface area contributed by atoms with Gasteiger partial charge in [0.15, 0.2) is 5.75 Å². The van der Waals surface area contributed by atoms with Crippen LogP contribution in [-0.2, 0) is 27.5 Å². The van der Waals surface area contributed by atoms with Crippen molar-refractivity contribution in [3.05, 3.63) is 23.0 Å². The van der Waals surface area contributed by atoms with E-state index >= 15 is 0 Å². The lowest BCUT2D eigenvalue weighted by Gasteiger charge is -2.19. The first-order valence-electron chi connectivity index (χ1n) is 6.04. The van der Waals surface area contributed by atoms with E-state index in [1.54, 1.807) is 0 Å². The molecule has 0 saturated heterocycles. The minimum atomic E-state index is -5.33. The van der Waals surface area contributed by atoms with Gasteiger partial charge in [-0.05, 0) is 6.92 Å².